The van der Waals surface area contributed by atoms with Gasteiger partial charge in [0.1, 0.15) is 0 Å². The first-order chi connectivity index (χ1) is 35.7. The lowest BCUT2D eigenvalue weighted by atomic mass is 9.33. The van der Waals surface area contributed by atoms with Crippen molar-refractivity contribution in [3.63, 3.8) is 0 Å². The van der Waals surface area contributed by atoms with Gasteiger partial charge in [-0.1, -0.05) is 217 Å². The summed E-state index contributed by atoms with van der Waals surface area (Å²) < 4.78 is 0. The first-order valence-corrected chi connectivity index (χ1v) is 26.8. The number of nitriles is 1. The van der Waals surface area contributed by atoms with Crippen LogP contribution in [0.4, 0.5) is 34.1 Å². The lowest BCUT2D eigenvalue weighted by molar-refractivity contribution is 0.568. The summed E-state index contributed by atoms with van der Waals surface area (Å²) in [6, 6.07) is 75.1. The van der Waals surface area contributed by atoms with Crippen molar-refractivity contribution in [3.8, 4) is 50.6 Å². The lowest BCUT2D eigenvalue weighted by Gasteiger charge is -2.45. The molecule has 0 unspecified atom stereocenters. The highest BCUT2D eigenvalue weighted by atomic mass is 15.2. The standard InChI is InChI=1S/C71H68BN3/c1-68(2,3)52-39-53(69(4,5)6)42-56(41-52)74-62-29-20-19-28-60(62)72-61-36-50(47-32-30-46(45-73)31-33-47)34-35-63(61)75(57-43-54(70(7,8)9)40-55(44-57)71(10,11)12)65-38-51(37-64(74)67(65)72)66-58(48-22-15-13-16-23-48)26-21-27-59(66)49-24-17-14-18-25-49/h13-44H,1-12H3. The predicted molar refractivity (Wildman–Crippen MR) is 322 cm³/mol. The van der Waals surface area contributed by atoms with E-state index in [4.69, 9.17) is 0 Å². The first-order valence-electron chi connectivity index (χ1n) is 26.8. The van der Waals surface area contributed by atoms with Crippen LogP contribution >= 0.6 is 0 Å². The van der Waals surface area contributed by atoms with Crippen LogP contribution in [-0.2, 0) is 21.7 Å². The van der Waals surface area contributed by atoms with E-state index in [0.29, 0.717) is 5.56 Å². The molecule has 11 rings (SSSR count). The van der Waals surface area contributed by atoms with E-state index in [-0.39, 0.29) is 28.4 Å². The molecule has 0 saturated heterocycles. The number of rotatable bonds is 6. The van der Waals surface area contributed by atoms with E-state index in [1.54, 1.807) is 0 Å². The third kappa shape index (κ3) is 8.97. The number of hydrogen-bond acceptors (Lipinski definition) is 3. The Balaban J connectivity index is 1.33. The molecular weight excluding hydrogens is 906 g/mol. The van der Waals surface area contributed by atoms with Crippen LogP contribution in [0.25, 0.3) is 44.5 Å². The van der Waals surface area contributed by atoms with Crippen LogP contribution in [0, 0.1) is 11.3 Å². The Morgan fingerprint density at radius 1 is 0.347 bits per heavy atom. The van der Waals surface area contributed by atoms with Crippen molar-refractivity contribution < 1.29 is 0 Å². The molecule has 3 nitrogen and oxygen atoms in total. The molecule has 0 aromatic heterocycles. The van der Waals surface area contributed by atoms with Gasteiger partial charge in [0.05, 0.1) is 11.6 Å². The van der Waals surface area contributed by atoms with Gasteiger partial charge in [-0.2, -0.15) is 5.26 Å². The summed E-state index contributed by atoms with van der Waals surface area (Å²) in [5.41, 5.74) is 25.5. The van der Waals surface area contributed by atoms with Crippen LogP contribution in [0.2, 0.25) is 0 Å². The Morgan fingerprint density at radius 2 is 0.773 bits per heavy atom. The number of fused-ring (bicyclic) bond motifs is 4. The Labute approximate surface area is 447 Å². The summed E-state index contributed by atoms with van der Waals surface area (Å²) in [4.78, 5) is 5.21. The highest BCUT2D eigenvalue weighted by Crippen LogP contribution is 2.51. The van der Waals surface area contributed by atoms with E-state index in [9.17, 15) is 5.26 Å². The van der Waals surface area contributed by atoms with Gasteiger partial charge >= 0.3 is 0 Å². The second-order valence-electron chi connectivity index (χ2n) is 25.1. The molecule has 9 aromatic carbocycles. The van der Waals surface area contributed by atoms with Gasteiger partial charge < -0.3 is 9.80 Å². The summed E-state index contributed by atoms with van der Waals surface area (Å²) >= 11 is 0. The maximum atomic E-state index is 9.81. The monoisotopic (exact) mass is 974 g/mol. The lowest BCUT2D eigenvalue weighted by Crippen LogP contribution is -2.61. The molecular formula is C71H68BN3. The molecule has 0 saturated carbocycles. The first kappa shape index (κ1) is 49.4. The third-order valence-electron chi connectivity index (χ3n) is 15.7. The SMILES string of the molecule is CC(C)(C)c1cc(N2c3ccccc3B3c4cc(-c5ccc(C#N)cc5)ccc4N(c4cc(C(C)(C)C)cc(C(C)(C)C)c4)c4cc(-c5c(-c6ccccc6)cccc5-c5ccccc5)cc2c43)cc(C(C)(C)C)c1. The fraction of sp³-hybridized carbons (Fsp3) is 0.225. The molecule has 0 fully saturated rings. The average Bonchev–Trinajstić information content (AvgIpc) is 3.47. The molecule has 0 aliphatic carbocycles. The summed E-state index contributed by atoms with van der Waals surface area (Å²) in [7, 11) is 0. The molecule has 9 aromatic rings. The van der Waals surface area contributed by atoms with E-state index in [1.165, 1.54) is 83.5 Å². The minimum atomic E-state index is -0.115. The molecule has 4 heteroatoms. The highest BCUT2D eigenvalue weighted by Gasteiger charge is 2.44. The largest absolute Gasteiger partial charge is 0.311 e. The number of hydrogen-bond donors (Lipinski definition) is 0. The fourth-order valence-corrected chi connectivity index (χ4v) is 11.4. The van der Waals surface area contributed by atoms with Gasteiger partial charge in [0.2, 0.25) is 0 Å². The molecule has 0 radical (unpaired) electrons. The van der Waals surface area contributed by atoms with E-state index in [2.05, 4.69) is 281 Å². The van der Waals surface area contributed by atoms with Gasteiger partial charge in [0.15, 0.2) is 0 Å². The van der Waals surface area contributed by atoms with Crippen molar-refractivity contribution in [1.29, 1.82) is 5.26 Å². The Morgan fingerprint density at radius 3 is 1.23 bits per heavy atom. The smallest absolute Gasteiger partial charge is 0.252 e. The number of para-hydroxylation sites is 1. The van der Waals surface area contributed by atoms with E-state index in [1.807, 2.05) is 12.1 Å². The summed E-state index contributed by atoms with van der Waals surface area (Å²) in [6.07, 6.45) is 0. The topological polar surface area (TPSA) is 30.3 Å². The Kier molecular flexibility index (Phi) is 12.0. The zero-order valence-corrected chi connectivity index (χ0v) is 45.9. The third-order valence-corrected chi connectivity index (χ3v) is 15.7. The second-order valence-corrected chi connectivity index (χ2v) is 25.1. The van der Waals surface area contributed by atoms with Crippen molar-refractivity contribution in [2.45, 2.75) is 105 Å². The Hall–Kier alpha value is -7.87. The minimum absolute atomic E-state index is 0.102. The summed E-state index contributed by atoms with van der Waals surface area (Å²) in [5.74, 6) is 0. The summed E-state index contributed by atoms with van der Waals surface area (Å²) in [6.45, 7) is 27.9. The van der Waals surface area contributed by atoms with Gasteiger partial charge in [-0.25, -0.2) is 0 Å². The van der Waals surface area contributed by atoms with Gasteiger partial charge in [0, 0.05) is 34.1 Å². The molecule has 2 heterocycles. The van der Waals surface area contributed by atoms with E-state index >= 15 is 0 Å². The molecule has 0 spiro atoms. The molecule has 2 aliphatic heterocycles. The van der Waals surface area contributed by atoms with Crippen molar-refractivity contribution in [2.24, 2.45) is 0 Å². The van der Waals surface area contributed by atoms with Crippen molar-refractivity contribution in [2.75, 3.05) is 9.80 Å². The molecule has 0 atom stereocenters. The second kappa shape index (κ2) is 18.2. The zero-order chi connectivity index (χ0) is 52.8. The normalized spacial score (nSPS) is 13.2. The maximum Gasteiger partial charge on any atom is 0.252 e. The van der Waals surface area contributed by atoms with Crippen LogP contribution in [0.15, 0.2) is 194 Å². The van der Waals surface area contributed by atoms with Crippen molar-refractivity contribution in [3.05, 3.63) is 222 Å². The van der Waals surface area contributed by atoms with Gasteiger partial charge in [-0.15, -0.1) is 0 Å². The molecule has 75 heavy (non-hydrogen) atoms. The minimum Gasteiger partial charge on any atom is -0.311 e. The van der Waals surface area contributed by atoms with Crippen LogP contribution in [0.1, 0.15) is 111 Å². The summed E-state index contributed by atoms with van der Waals surface area (Å²) in [5, 5.41) is 9.81. The number of benzene rings is 9. The van der Waals surface area contributed by atoms with Crippen LogP contribution < -0.4 is 26.2 Å². The Bertz CT molecular complexity index is 3560. The molecule has 0 bridgehead atoms. The van der Waals surface area contributed by atoms with Gasteiger partial charge in [0.25, 0.3) is 6.71 Å². The van der Waals surface area contributed by atoms with Gasteiger partial charge in [-0.3, -0.25) is 0 Å². The van der Waals surface area contributed by atoms with E-state index in [0.717, 1.165) is 33.8 Å². The highest BCUT2D eigenvalue weighted by molar-refractivity contribution is 7.00. The predicted octanol–water partition coefficient (Wildman–Crippen LogP) is 17.5. The zero-order valence-electron chi connectivity index (χ0n) is 45.9. The van der Waals surface area contributed by atoms with E-state index < -0.39 is 0 Å². The van der Waals surface area contributed by atoms with Crippen LogP contribution in [-0.4, -0.2) is 6.71 Å². The molecule has 0 amide bonds. The molecule has 0 N–H and O–H groups in total. The molecule has 2 aliphatic rings. The molecule has 370 valence electrons. The van der Waals surface area contributed by atoms with Crippen LogP contribution in [0.5, 0.6) is 0 Å². The van der Waals surface area contributed by atoms with Crippen molar-refractivity contribution in [1.82, 2.24) is 0 Å². The maximum absolute atomic E-state index is 9.81. The fourth-order valence-electron chi connectivity index (χ4n) is 11.4. The number of anilines is 6. The number of nitrogens with zero attached hydrogens (tertiary/aromatic N) is 3. The van der Waals surface area contributed by atoms with Crippen molar-refractivity contribution >= 4 is 57.2 Å². The average molecular weight is 974 g/mol. The van der Waals surface area contributed by atoms with Gasteiger partial charge in [-0.05, 0) is 165 Å². The van der Waals surface area contributed by atoms with Crippen LogP contribution in [0.3, 0.4) is 0 Å². The quantitative estimate of drug-likeness (QED) is 0.156.